The molecule has 2 aromatic rings. The van der Waals surface area contributed by atoms with E-state index in [0.29, 0.717) is 36.1 Å². The summed E-state index contributed by atoms with van der Waals surface area (Å²) in [4.78, 5) is 40.5. The fourth-order valence-corrected chi connectivity index (χ4v) is 3.70. The summed E-state index contributed by atoms with van der Waals surface area (Å²) in [7, 11) is 0. The largest absolute Gasteiger partial charge is 0.355 e. The Balaban J connectivity index is 1.35. The van der Waals surface area contributed by atoms with Gasteiger partial charge in [-0.05, 0) is 73.6 Å². The molecule has 0 spiro atoms. The molecule has 1 saturated heterocycles. The number of carbonyl (C=O) groups is 3. The van der Waals surface area contributed by atoms with Crippen molar-refractivity contribution in [3.63, 3.8) is 0 Å². The summed E-state index contributed by atoms with van der Waals surface area (Å²) in [6.07, 6.45) is 4.61. The van der Waals surface area contributed by atoms with Gasteiger partial charge >= 0.3 is 0 Å². The zero-order chi connectivity index (χ0) is 22.1. The second-order valence-electron chi connectivity index (χ2n) is 8.52. The third-order valence-corrected chi connectivity index (χ3v) is 5.75. The summed E-state index contributed by atoms with van der Waals surface area (Å²) in [5, 5.41) is 11.9. The molecule has 3 aliphatic rings. The van der Waals surface area contributed by atoms with Crippen molar-refractivity contribution in [2.24, 2.45) is 4.99 Å². The van der Waals surface area contributed by atoms with Crippen LogP contribution in [0.15, 0.2) is 47.5 Å². The van der Waals surface area contributed by atoms with Gasteiger partial charge in [0.05, 0.1) is 0 Å². The molecule has 0 aromatic heterocycles. The van der Waals surface area contributed by atoms with Crippen molar-refractivity contribution in [2.45, 2.75) is 44.1 Å². The van der Waals surface area contributed by atoms with E-state index in [-0.39, 0.29) is 17.8 Å². The van der Waals surface area contributed by atoms with Gasteiger partial charge in [0, 0.05) is 41.5 Å². The number of nitrogens with one attached hydrogen (secondary N) is 4. The third kappa shape index (κ3) is 4.80. The maximum absolute atomic E-state index is 12.7. The molecule has 0 bridgehead atoms. The van der Waals surface area contributed by atoms with Gasteiger partial charge in [0.25, 0.3) is 11.8 Å². The van der Waals surface area contributed by atoms with Crippen molar-refractivity contribution < 1.29 is 14.4 Å². The first-order valence-electron chi connectivity index (χ1n) is 11.0. The van der Waals surface area contributed by atoms with Crippen molar-refractivity contribution in [3.8, 4) is 0 Å². The van der Waals surface area contributed by atoms with Gasteiger partial charge in [-0.25, -0.2) is 0 Å². The lowest BCUT2D eigenvalue weighted by molar-refractivity contribution is -0.120. The number of amides is 3. The van der Waals surface area contributed by atoms with E-state index in [4.69, 9.17) is 0 Å². The minimum atomic E-state index is -0.401. The minimum Gasteiger partial charge on any atom is -0.355 e. The molecule has 2 aliphatic carbocycles. The molecule has 0 atom stereocenters. The predicted molar refractivity (Wildman–Crippen MR) is 121 cm³/mol. The molecule has 5 rings (SSSR count). The normalized spacial score (nSPS) is 19.1. The third-order valence-electron chi connectivity index (χ3n) is 5.75. The highest BCUT2D eigenvalue weighted by atomic mass is 16.2. The number of aliphatic imine (C=N–C) groups is 1. The number of carbonyl (C=O) groups excluding carboxylic acids is 3. The van der Waals surface area contributed by atoms with Gasteiger partial charge in [-0.3, -0.25) is 19.7 Å². The summed E-state index contributed by atoms with van der Waals surface area (Å²) in [6, 6.07) is 13.2. The molecule has 164 valence electrons. The van der Waals surface area contributed by atoms with Crippen molar-refractivity contribution in [1.29, 1.82) is 0 Å². The number of rotatable bonds is 6. The molecular formula is C24H25N5O3. The van der Waals surface area contributed by atoms with E-state index < -0.39 is 5.91 Å². The Morgan fingerprint density at radius 1 is 1.00 bits per heavy atom. The van der Waals surface area contributed by atoms with Crippen LogP contribution in [0.25, 0.3) is 0 Å². The number of hydrogen-bond acceptors (Lipinski definition) is 4. The Hall–Kier alpha value is -3.68. The monoisotopic (exact) mass is 431 g/mol. The Bertz CT molecular complexity index is 1120. The van der Waals surface area contributed by atoms with Gasteiger partial charge in [0.1, 0.15) is 0 Å². The van der Waals surface area contributed by atoms with E-state index in [1.165, 1.54) is 0 Å². The molecule has 2 aromatic carbocycles. The molecule has 32 heavy (non-hydrogen) atoms. The molecule has 1 heterocycles. The molecule has 2 saturated carbocycles. The van der Waals surface area contributed by atoms with E-state index in [2.05, 4.69) is 26.3 Å². The number of anilines is 2. The van der Waals surface area contributed by atoms with E-state index in [1.807, 2.05) is 36.4 Å². The van der Waals surface area contributed by atoms with Crippen molar-refractivity contribution in [3.05, 3.63) is 59.2 Å². The van der Waals surface area contributed by atoms with Gasteiger partial charge in [-0.1, -0.05) is 6.07 Å². The van der Waals surface area contributed by atoms with Crippen LogP contribution < -0.4 is 21.3 Å². The molecule has 0 radical (unpaired) electrons. The van der Waals surface area contributed by atoms with Gasteiger partial charge < -0.3 is 16.0 Å². The molecule has 3 fully saturated rings. The van der Waals surface area contributed by atoms with E-state index in [0.717, 1.165) is 42.6 Å². The van der Waals surface area contributed by atoms with Crippen LogP contribution in [0.1, 0.15) is 64.3 Å². The first-order valence-corrected chi connectivity index (χ1v) is 11.0. The maximum Gasteiger partial charge on any atom is 0.280 e. The topological polar surface area (TPSA) is 112 Å². The van der Waals surface area contributed by atoms with E-state index in [1.54, 1.807) is 6.07 Å². The summed E-state index contributed by atoms with van der Waals surface area (Å²) >= 11 is 0. The summed E-state index contributed by atoms with van der Waals surface area (Å²) in [5.41, 5.74) is 3.90. The van der Waals surface area contributed by atoms with Crippen LogP contribution in [-0.4, -0.2) is 36.3 Å². The van der Waals surface area contributed by atoms with E-state index >= 15 is 0 Å². The van der Waals surface area contributed by atoms with Crippen molar-refractivity contribution >= 4 is 35.1 Å². The maximum atomic E-state index is 12.7. The zero-order valence-corrected chi connectivity index (χ0v) is 17.6. The predicted octanol–water partition coefficient (Wildman–Crippen LogP) is 2.81. The highest BCUT2D eigenvalue weighted by Gasteiger charge is 2.28. The first-order chi connectivity index (χ1) is 15.5. The molecule has 8 heteroatoms. The van der Waals surface area contributed by atoms with Crippen LogP contribution in [0.4, 0.5) is 11.4 Å². The Morgan fingerprint density at radius 2 is 1.84 bits per heavy atom. The van der Waals surface area contributed by atoms with Crippen LogP contribution in [0.3, 0.4) is 0 Å². The van der Waals surface area contributed by atoms with Crippen LogP contribution in [-0.2, 0) is 4.79 Å². The zero-order valence-electron chi connectivity index (χ0n) is 17.6. The van der Waals surface area contributed by atoms with Crippen molar-refractivity contribution in [1.82, 2.24) is 16.0 Å². The number of benzene rings is 2. The quantitative estimate of drug-likeness (QED) is 0.562. The molecular weight excluding hydrogens is 406 g/mol. The van der Waals surface area contributed by atoms with Gasteiger partial charge in [-0.2, -0.15) is 4.99 Å². The van der Waals surface area contributed by atoms with Crippen LogP contribution in [0, 0.1) is 0 Å². The highest BCUT2D eigenvalue weighted by Crippen LogP contribution is 2.44. The highest BCUT2D eigenvalue weighted by molar-refractivity contribution is 6.08. The minimum absolute atomic E-state index is 0.0537. The molecule has 3 amide bonds. The summed E-state index contributed by atoms with van der Waals surface area (Å²) < 4.78 is 0. The second kappa shape index (κ2) is 8.45. The van der Waals surface area contributed by atoms with Gasteiger partial charge in [0.15, 0.2) is 0 Å². The summed E-state index contributed by atoms with van der Waals surface area (Å²) in [6.45, 7) is 0.464. The number of guanidine groups is 1. The fraction of sp³-hybridized carbons (Fsp3) is 0.333. The number of hydrogen-bond donors (Lipinski definition) is 4. The average Bonchev–Trinajstić information content (AvgIpc) is 3.69. The number of nitrogens with zero attached hydrogens (tertiary/aromatic N) is 1. The van der Waals surface area contributed by atoms with Crippen molar-refractivity contribution in [2.75, 3.05) is 11.9 Å². The standard InChI is InChI=1S/C24H25N5O3/c30-21-10-11-25-24(28-21)29-23(32)16-6-9-20(19(13-16)14-4-5-14)26-18-3-1-2-15(12-18)22(31)27-17-7-8-17/h1-3,6,9,12-14,17,26H,4-5,7-8,10-11H2,(H,27,31)(H2,25,28,29,30,32). The van der Waals surface area contributed by atoms with Gasteiger partial charge in [-0.15, -0.1) is 0 Å². The Labute approximate surface area is 185 Å². The lowest BCUT2D eigenvalue weighted by Crippen LogP contribution is -2.48. The molecule has 8 nitrogen and oxygen atoms in total. The second-order valence-corrected chi connectivity index (χ2v) is 8.52. The van der Waals surface area contributed by atoms with Crippen LogP contribution in [0.2, 0.25) is 0 Å². The van der Waals surface area contributed by atoms with Crippen LogP contribution >= 0.6 is 0 Å². The average molecular weight is 431 g/mol. The molecule has 4 N–H and O–H groups in total. The van der Waals surface area contributed by atoms with Gasteiger partial charge in [0.2, 0.25) is 11.9 Å². The fourth-order valence-electron chi connectivity index (χ4n) is 3.70. The Morgan fingerprint density at radius 3 is 2.59 bits per heavy atom. The molecule has 1 aliphatic heterocycles. The smallest absolute Gasteiger partial charge is 0.280 e. The van der Waals surface area contributed by atoms with E-state index in [9.17, 15) is 14.4 Å². The molecule has 0 unspecified atom stereocenters. The first kappa shape index (κ1) is 20.2. The lowest BCUT2D eigenvalue weighted by Gasteiger charge is -2.16. The Kier molecular flexibility index (Phi) is 5.34. The SMILES string of the molecule is O=C1CCN/C(=N\C(=O)c2ccc(Nc3cccc(C(=O)NC4CC4)c3)c(C3CC3)c2)N1. The summed E-state index contributed by atoms with van der Waals surface area (Å²) in [5.74, 6) is -0.0139. The van der Waals surface area contributed by atoms with Crippen LogP contribution in [0.5, 0.6) is 0 Å². The lowest BCUT2D eigenvalue weighted by atomic mass is 10.0.